The van der Waals surface area contributed by atoms with E-state index in [0.717, 1.165) is 52.1 Å². The van der Waals surface area contributed by atoms with Crippen LogP contribution in [0.2, 0.25) is 0 Å². The number of aromatic nitrogens is 1. The van der Waals surface area contributed by atoms with E-state index in [4.69, 9.17) is 9.47 Å². The first-order chi connectivity index (χ1) is 16.6. The van der Waals surface area contributed by atoms with Gasteiger partial charge in [0.1, 0.15) is 11.5 Å². The number of rotatable bonds is 3. The number of ether oxygens (including phenoxy) is 2. The number of amides is 1. The molecule has 1 saturated heterocycles. The summed E-state index contributed by atoms with van der Waals surface area (Å²) in [5.41, 5.74) is 3.95. The number of likely N-dealkylation sites (tertiary alicyclic amines) is 1. The van der Waals surface area contributed by atoms with Crippen molar-refractivity contribution in [2.24, 2.45) is 0 Å². The summed E-state index contributed by atoms with van der Waals surface area (Å²) in [6, 6.07) is 22.2. The third-order valence-electron chi connectivity index (χ3n) is 7.27. The molecule has 34 heavy (non-hydrogen) atoms. The van der Waals surface area contributed by atoms with Crippen LogP contribution >= 0.6 is 0 Å². The number of fused-ring (bicyclic) bond motifs is 5. The molecule has 0 unspecified atom stereocenters. The highest BCUT2D eigenvalue weighted by molar-refractivity contribution is 5.99. The zero-order valence-electron chi connectivity index (χ0n) is 19.4. The Labute approximate surface area is 198 Å². The van der Waals surface area contributed by atoms with Gasteiger partial charge < -0.3 is 24.3 Å². The number of nitrogens with one attached hydrogen (secondary N) is 1. The third kappa shape index (κ3) is 3.21. The molecule has 1 N–H and O–H groups in total. The molecule has 0 saturated carbocycles. The average Bonchev–Trinajstić information content (AvgIpc) is 3.39. The SMILES string of the molecule is COc1ccc2c(c1)NC1(CCN(C(=O)c3ccc4cc(OC)ccc4c3)CC1)c1cccn1-2. The van der Waals surface area contributed by atoms with Crippen LogP contribution in [-0.4, -0.2) is 42.7 Å². The molecule has 0 atom stereocenters. The van der Waals surface area contributed by atoms with Crippen molar-refractivity contribution < 1.29 is 14.3 Å². The average molecular weight is 454 g/mol. The summed E-state index contributed by atoms with van der Waals surface area (Å²) < 4.78 is 13.0. The van der Waals surface area contributed by atoms with E-state index in [2.05, 4.69) is 40.3 Å². The number of hydrogen-bond acceptors (Lipinski definition) is 4. The molecule has 1 aromatic heterocycles. The number of piperidine rings is 1. The van der Waals surface area contributed by atoms with Crippen molar-refractivity contribution in [3.8, 4) is 17.2 Å². The van der Waals surface area contributed by atoms with Crippen molar-refractivity contribution in [3.05, 3.63) is 84.2 Å². The van der Waals surface area contributed by atoms with E-state index in [1.54, 1.807) is 14.2 Å². The van der Waals surface area contributed by atoms with E-state index >= 15 is 0 Å². The van der Waals surface area contributed by atoms with Crippen molar-refractivity contribution in [1.29, 1.82) is 0 Å². The molecule has 0 bridgehead atoms. The number of nitrogens with zero attached hydrogens (tertiary/aromatic N) is 2. The summed E-state index contributed by atoms with van der Waals surface area (Å²) in [6.07, 6.45) is 3.79. The maximum absolute atomic E-state index is 13.4. The molecule has 6 nitrogen and oxygen atoms in total. The number of carbonyl (C=O) groups is 1. The van der Waals surface area contributed by atoms with Crippen LogP contribution in [0, 0.1) is 0 Å². The van der Waals surface area contributed by atoms with E-state index in [1.165, 1.54) is 5.69 Å². The Kier molecular flexibility index (Phi) is 4.76. The molecule has 1 amide bonds. The number of anilines is 1. The molecule has 172 valence electrons. The molecule has 4 aromatic rings. The van der Waals surface area contributed by atoms with E-state index in [9.17, 15) is 4.79 Å². The second-order valence-corrected chi connectivity index (χ2v) is 9.07. The van der Waals surface area contributed by atoms with Crippen molar-refractivity contribution in [1.82, 2.24) is 9.47 Å². The van der Waals surface area contributed by atoms with Gasteiger partial charge in [-0.15, -0.1) is 0 Å². The van der Waals surface area contributed by atoms with Crippen molar-refractivity contribution in [3.63, 3.8) is 0 Å². The predicted molar refractivity (Wildman–Crippen MR) is 133 cm³/mol. The molecular formula is C28H27N3O3. The Morgan fingerprint density at radius 3 is 2.38 bits per heavy atom. The van der Waals surface area contributed by atoms with E-state index in [1.807, 2.05) is 47.4 Å². The standard InChI is InChI=1S/C28H27N3O3/c1-33-22-8-7-19-16-21(6-5-20(19)17-22)27(32)30-14-11-28(12-15-30)26-4-3-13-31(26)25-10-9-23(34-2)18-24(25)29-28/h3-10,13,16-18,29H,11-12,14-15H2,1-2H3. The van der Waals surface area contributed by atoms with Crippen LogP contribution in [0.5, 0.6) is 11.5 Å². The Morgan fingerprint density at radius 2 is 1.59 bits per heavy atom. The Hall–Kier alpha value is -3.93. The van der Waals surface area contributed by atoms with Gasteiger partial charge in [-0.1, -0.05) is 12.1 Å². The van der Waals surface area contributed by atoms with Gasteiger partial charge in [-0.05, 0) is 72.1 Å². The summed E-state index contributed by atoms with van der Waals surface area (Å²) in [4.78, 5) is 15.4. The van der Waals surface area contributed by atoms with Crippen LogP contribution in [0.25, 0.3) is 16.5 Å². The van der Waals surface area contributed by atoms with Crippen molar-refractivity contribution in [2.75, 3.05) is 32.6 Å². The van der Waals surface area contributed by atoms with Crippen LogP contribution in [0.3, 0.4) is 0 Å². The van der Waals surface area contributed by atoms with Gasteiger partial charge in [0.2, 0.25) is 0 Å². The van der Waals surface area contributed by atoms with Crippen molar-refractivity contribution >= 4 is 22.4 Å². The third-order valence-corrected chi connectivity index (χ3v) is 7.27. The lowest BCUT2D eigenvalue weighted by molar-refractivity contribution is 0.0676. The summed E-state index contributed by atoms with van der Waals surface area (Å²) in [7, 11) is 3.35. The quantitative estimate of drug-likeness (QED) is 0.463. The normalized spacial score (nSPS) is 16.0. The Bertz CT molecular complexity index is 1400. The zero-order valence-corrected chi connectivity index (χ0v) is 19.4. The minimum atomic E-state index is -0.209. The maximum atomic E-state index is 13.4. The van der Waals surface area contributed by atoms with Crippen LogP contribution < -0.4 is 14.8 Å². The highest BCUT2D eigenvalue weighted by Crippen LogP contribution is 2.44. The molecule has 3 aromatic carbocycles. The van der Waals surface area contributed by atoms with Gasteiger partial charge in [-0.3, -0.25) is 4.79 Å². The van der Waals surface area contributed by atoms with E-state index in [-0.39, 0.29) is 11.4 Å². The number of benzene rings is 3. The smallest absolute Gasteiger partial charge is 0.253 e. The number of methoxy groups -OCH3 is 2. The summed E-state index contributed by atoms with van der Waals surface area (Å²) in [5, 5.41) is 5.92. The fraction of sp³-hybridized carbons (Fsp3) is 0.250. The molecule has 1 spiro atoms. The molecule has 1 fully saturated rings. The summed E-state index contributed by atoms with van der Waals surface area (Å²) in [6.45, 7) is 1.38. The van der Waals surface area contributed by atoms with Gasteiger partial charge in [-0.25, -0.2) is 0 Å². The highest BCUT2D eigenvalue weighted by atomic mass is 16.5. The van der Waals surface area contributed by atoms with Crippen LogP contribution in [0.4, 0.5) is 5.69 Å². The van der Waals surface area contributed by atoms with Gasteiger partial charge in [0.05, 0.1) is 31.1 Å². The Balaban J connectivity index is 1.25. The minimum Gasteiger partial charge on any atom is -0.497 e. The summed E-state index contributed by atoms with van der Waals surface area (Å²) >= 11 is 0. The molecule has 3 heterocycles. The van der Waals surface area contributed by atoms with Gasteiger partial charge in [0, 0.05) is 36.6 Å². The zero-order chi connectivity index (χ0) is 23.3. The second kappa shape index (κ2) is 7.83. The molecule has 0 aliphatic carbocycles. The topological polar surface area (TPSA) is 55.7 Å². The molecule has 2 aliphatic rings. The fourth-order valence-corrected chi connectivity index (χ4v) is 5.39. The first-order valence-corrected chi connectivity index (χ1v) is 11.6. The van der Waals surface area contributed by atoms with Gasteiger partial charge in [-0.2, -0.15) is 0 Å². The summed E-state index contributed by atoms with van der Waals surface area (Å²) in [5.74, 6) is 1.73. The lowest BCUT2D eigenvalue weighted by atomic mass is 9.82. The minimum absolute atomic E-state index is 0.0841. The van der Waals surface area contributed by atoms with Crippen LogP contribution in [-0.2, 0) is 5.54 Å². The van der Waals surface area contributed by atoms with Gasteiger partial charge >= 0.3 is 0 Å². The van der Waals surface area contributed by atoms with Crippen molar-refractivity contribution in [2.45, 2.75) is 18.4 Å². The molecular weight excluding hydrogens is 426 g/mol. The van der Waals surface area contributed by atoms with Crippen LogP contribution in [0.1, 0.15) is 28.9 Å². The number of carbonyl (C=O) groups excluding carboxylic acids is 1. The van der Waals surface area contributed by atoms with Gasteiger partial charge in [0.25, 0.3) is 5.91 Å². The molecule has 0 radical (unpaired) electrons. The molecule has 6 heteroatoms. The molecule has 6 rings (SSSR count). The largest absolute Gasteiger partial charge is 0.497 e. The first-order valence-electron chi connectivity index (χ1n) is 11.6. The predicted octanol–water partition coefficient (Wildman–Crippen LogP) is 5.20. The van der Waals surface area contributed by atoms with Crippen LogP contribution in [0.15, 0.2) is 72.9 Å². The molecule has 2 aliphatic heterocycles. The lowest BCUT2D eigenvalue weighted by Gasteiger charge is -2.46. The maximum Gasteiger partial charge on any atom is 0.253 e. The second-order valence-electron chi connectivity index (χ2n) is 9.07. The first kappa shape index (κ1) is 20.7. The monoisotopic (exact) mass is 453 g/mol. The van der Waals surface area contributed by atoms with E-state index < -0.39 is 0 Å². The number of hydrogen-bond donors (Lipinski definition) is 1. The van der Waals surface area contributed by atoms with Gasteiger partial charge in [0.15, 0.2) is 0 Å². The van der Waals surface area contributed by atoms with E-state index in [0.29, 0.717) is 13.1 Å². The lowest BCUT2D eigenvalue weighted by Crippen LogP contribution is -2.51. The highest BCUT2D eigenvalue weighted by Gasteiger charge is 2.42. The Morgan fingerprint density at radius 1 is 0.882 bits per heavy atom. The fourth-order valence-electron chi connectivity index (χ4n) is 5.39.